The first-order valence-corrected chi connectivity index (χ1v) is 6.57. The van der Waals surface area contributed by atoms with E-state index in [2.05, 4.69) is 10.4 Å². The molecule has 0 radical (unpaired) electrons. The Morgan fingerprint density at radius 3 is 2.70 bits per heavy atom. The topological polar surface area (TPSA) is 84.2 Å². The van der Waals surface area contributed by atoms with Crippen molar-refractivity contribution >= 4 is 18.0 Å². The maximum atomic E-state index is 11.6. The molecule has 0 spiro atoms. The first kappa shape index (κ1) is 15.9. The van der Waals surface area contributed by atoms with Crippen LogP contribution in [-0.4, -0.2) is 33.3 Å². The van der Waals surface area contributed by atoms with Crippen molar-refractivity contribution in [3.8, 4) is 0 Å². The number of carboxylic acids is 1. The predicted molar refractivity (Wildman–Crippen MR) is 75.8 cm³/mol. The minimum absolute atomic E-state index is 0.141. The van der Waals surface area contributed by atoms with Gasteiger partial charge in [0.05, 0.1) is 11.6 Å². The fourth-order valence-corrected chi connectivity index (χ4v) is 1.83. The summed E-state index contributed by atoms with van der Waals surface area (Å²) in [6.07, 6.45) is 5.20. The van der Waals surface area contributed by atoms with Crippen molar-refractivity contribution in [2.45, 2.75) is 20.3 Å². The summed E-state index contributed by atoms with van der Waals surface area (Å²) >= 11 is 0. The summed E-state index contributed by atoms with van der Waals surface area (Å²) in [5.41, 5.74) is 0.803. The van der Waals surface area contributed by atoms with Gasteiger partial charge in [-0.2, -0.15) is 5.10 Å². The van der Waals surface area contributed by atoms with E-state index in [0.717, 1.165) is 5.69 Å². The molecule has 1 aromatic heterocycles. The Morgan fingerprint density at radius 2 is 2.20 bits per heavy atom. The number of aliphatic carboxylic acids is 1. The van der Waals surface area contributed by atoms with Crippen molar-refractivity contribution in [1.29, 1.82) is 0 Å². The van der Waals surface area contributed by atoms with E-state index in [1.54, 1.807) is 30.1 Å². The normalized spacial score (nSPS) is 12.8. The van der Waals surface area contributed by atoms with Crippen molar-refractivity contribution in [3.05, 3.63) is 24.0 Å². The molecule has 6 heteroatoms. The molecule has 0 bridgehead atoms. The average Bonchev–Trinajstić information content (AvgIpc) is 2.76. The van der Waals surface area contributed by atoms with Gasteiger partial charge in [0.25, 0.3) is 0 Å². The van der Waals surface area contributed by atoms with Gasteiger partial charge in [0.15, 0.2) is 0 Å². The van der Waals surface area contributed by atoms with Crippen molar-refractivity contribution in [2.75, 3.05) is 6.54 Å². The molecule has 1 atom stereocenters. The standard InChI is InChI=1S/C14H21N3O3/c1-10(2)8-11(14(19)20)9-15-13(18)5-4-12-6-7-16-17(12)3/h4-7,10-11H,8-9H2,1-3H3,(H,15,18)(H,19,20)/b5-4+. The smallest absolute Gasteiger partial charge is 0.308 e. The third kappa shape index (κ3) is 5.26. The zero-order chi connectivity index (χ0) is 15.1. The highest BCUT2D eigenvalue weighted by atomic mass is 16.4. The second-order valence-corrected chi connectivity index (χ2v) is 5.12. The number of rotatable bonds is 7. The van der Waals surface area contributed by atoms with E-state index in [0.29, 0.717) is 6.42 Å². The molecule has 6 nitrogen and oxygen atoms in total. The quantitative estimate of drug-likeness (QED) is 0.737. The van der Waals surface area contributed by atoms with Gasteiger partial charge < -0.3 is 10.4 Å². The predicted octanol–water partition coefficient (Wildman–Crippen LogP) is 1.30. The second kappa shape index (κ2) is 7.47. The Labute approximate surface area is 118 Å². The molecule has 1 heterocycles. The lowest BCUT2D eigenvalue weighted by molar-refractivity contribution is -0.142. The third-order valence-electron chi connectivity index (χ3n) is 2.89. The van der Waals surface area contributed by atoms with Crippen LogP contribution in [-0.2, 0) is 16.6 Å². The van der Waals surface area contributed by atoms with E-state index in [9.17, 15) is 9.59 Å². The minimum Gasteiger partial charge on any atom is -0.481 e. The van der Waals surface area contributed by atoms with E-state index >= 15 is 0 Å². The zero-order valence-electron chi connectivity index (χ0n) is 12.0. The van der Waals surface area contributed by atoms with Gasteiger partial charge in [-0.25, -0.2) is 0 Å². The van der Waals surface area contributed by atoms with Gasteiger partial charge in [-0.3, -0.25) is 14.3 Å². The first-order valence-electron chi connectivity index (χ1n) is 6.57. The van der Waals surface area contributed by atoms with Crippen molar-refractivity contribution < 1.29 is 14.7 Å². The Bertz CT molecular complexity index is 492. The Balaban J connectivity index is 2.48. The molecule has 2 N–H and O–H groups in total. The Hall–Kier alpha value is -2.11. The van der Waals surface area contributed by atoms with Gasteiger partial charge in [-0.15, -0.1) is 0 Å². The summed E-state index contributed by atoms with van der Waals surface area (Å²) in [6, 6.07) is 1.78. The summed E-state index contributed by atoms with van der Waals surface area (Å²) in [7, 11) is 1.78. The molecule has 0 saturated carbocycles. The largest absolute Gasteiger partial charge is 0.481 e. The summed E-state index contributed by atoms with van der Waals surface area (Å²) in [6.45, 7) is 4.06. The van der Waals surface area contributed by atoms with Crippen LogP contribution in [0.2, 0.25) is 0 Å². The van der Waals surface area contributed by atoms with Crippen LogP contribution >= 0.6 is 0 Å². The highest BCUT2D eigenvalue weighted by molar-refractivity contribution is 5.91. The molecule has 1 rings (SSSR count). The average molecular weight is 279 g/mol. The molecule has 0 saturated heterocycles. The van der Waals surface area contributed by atoms with Crippen LogP contribution in [0.25, 0.3) is 6.08 Å². The lowest BCUT2D eigenvalue weighted by Crippen LogP contribution is -2.32. The van der Waals surface area contributed by atoms with Gasteiger partial charge >= 0.3 is 5.97 Å². The third-order valence-corrected chi connectivity index (χ3v) is 2.89. The number of carbonyl (C=O) groups excluding carboxylic acids is 1. The van der Waals surface area contributed by atoms with Crippen LogP contribution in [0.3, 0.4) is 0 Å². The van der Waals surface area contributed by atoms with E-state index in [1.165, 1.54) is 6.08 Å². The molecule has 0 fully saturated rings. The van der Waals surface area contributed by atoms with Gasteiger partial charge in [0.2, 0.25) is 5.91 Å². The van der Waals surface area contributed by atoms with Crippen molar-refractivity contribution in [2.24, 2.45) is 18.9 Å². The number of nitrogens with zero attached hydrogens (tertiary/aromatic N) is 2. The molecule has 0 aliphatic rings. The van der Waals surface area contributed by atoms with Gasteiger partial charge in [0.1, 0.15) is 0 Å². The molecule has 1 amide bonds. The lowest BCUT2D eigenvalue weighted by Gasteiger charge is -2.14. The van der Waals surface area contributed by atoms with Crippen LogP contribution in [0.5, 0.6) is 0 Å². The fraction of sp³-hybridized carbons (Fsp3) is 0.500. The number of amides is 1. The van der Waals surface area contributed by atoms with Gasteiger partial charge in [-0.1, -0.05) is 13.8 Å². The molecular weight excluding hydrogens is 258 g/mol. The molecule has 1 unspecified atom stereocenters. The van der Waals surface area contributed by atoms with Crippen LogP contribution in [0.15, 0.2) is 18.3 Å². The summed E-state index contributed by atoms with van der Waals surface area (Å²) in [5, 5.41) is 15.7. The SMILES string of the molecule is CC(C)CC(CNC(=O)/C=C/c1ccnn1C)C(=O)O. The number of nitrogens with one attached hydrogen (secondary N) is 1. The number of aryl methyl sites for hydroxylation is 1. The zero-order valence-corrected chi connectivity index (χ0v) is 12.0. The van der Waals surface area contributed by atoms with Crippen LogP contribution in [0, 0.1) is 11.8 Å². The minimum atomic E-state index is -0.880. The molecular formula is C14H21N3O3. The number of carbonyl (C=O) groups is 2. The van der Waals surface area contributed by atoms with Crippen LogP contribution in [0.4, 0.5) is 0 Å². The summed E-state index contributed by atoms with van der Waals surface area (Å²) < 4.78 is 1.64. The van der Waals surface area contributed by atoms with Crippen LogP contribution < -0.4 is 5.32 Å². The molecule has 0 aliphatic heterocycles. The number of hydrogen-bond acceptors (Lipinski definition) is 3. The van der Waals surface area contributed by atoms with E-state index in [-0.39, 0.29) is 18.4 Å². The molecule has 1 aromatic rings. The maximum Gasteiger partial charge on any atom is 0.308 e. The molecule has 0 aliphatic carbocycles. The Morgan fingerprint density at radius 1 is 1.50 bits per heavy atom. The van der Waals surface area contributed by atoms with E-state index < -0.39 is 11.9 Å². The highest BCUT2D eigenvalue weighted by Crippen LogP contribution is 2.11. The van der Waals surface area contributed by atoms with E-state index in [1.807, 2.05) is 13.8 Å². The highest BCUT2D eigenvalue weighted by Gasteiger charge is 2.19. The first-order chi connectivity index (χ1) is 9.40. The summed E-state index contributed by atoms with van der Waals surface area (Å²) in [4.78, 5) is 22.7. The Kier molecular flexibility index (Phi) is 5.96. The lowest BCUT2D eigenvalue weighted by atomic mass is 9.97. The maximum absolute atomic E-state index is 11.6. The number of carboxylic acid groups (broad SMARTS) is 1. The van der Waals surface area contributed by atoms with E-state index in [4.69, 9.17) is 5.11 Å². The second-order valence-electron chi connectivity index (χ2n) is 5.12. The van der Waals surface area contributed by atoms with Crippen molar-refractivity contribution in [3.63, 3.8) is 0 Å². The monoisotopic (exact) mass is 279 g/mol. The summed E-state index contributed by atoms with van der Waals surface area (Å²) in [5.74, 6) is -1.46. The molecule has 0 aromatic carbocycles. The van der Waals surface area contributed by atoms with Gasteiger partial charge in [0, 0.05) is 25.9 Å². The fourth-order valence-electron chi connectivity index (χ4n) is 1.83. The number of hydrogen-bond donors (Lipinski definition) is 2. The van der Waals surface area contributed by atoms with Crippen LogP contribution in [0.1, 0.15) is 26.0 Å². The molecule has 110 valence electrons. The van der Waals surface area contributed by atoms with Gasteiger partial charge in [-0.05, 0) is 24.5 Å². The molecule has 20 heavy (non-hydrogen) atoms. The number of aromatic nitrogens is 2. The van der Waals surface area contributed by atoms with Crippen molar-refractivity contribution in [1.82, 2.24) is 15.1 Å².